The summed E-state index contributed by atoms with van der Waals surface area (Å²) in [4.78, 5) is 4.37. The van der Waals surface area contributed by atoms with Gasteiger partial charge < -0.3 is 14.9 Å². The number of aromatic nitrogens is 1. The number of nitrogens with two attached hydrogens (primary N) is 1. The minimum Gasteiger partial charge on any atom is -0.466 e. The van der Waals surface area contributed by atoms with Crippen molar-refractivity contribution >= 4 is 5.82 Å². The van der Waals surface area contributed by atoms with E-state index in [2.05, 4.69) is 11.1 Å². The highest BCUT2D eigenvalue weighted by atomic mass is 16.5. The van der Waals surface area contributed by atoms with E-state index in [1.807, 2.05) is 26.0 Å². The predicted molar refractivity (Wildman–Crippen MR) is 78.7 cm³/mol. The van der Waals surface area contributed by atoms with Crippen molar-refractivity contribution in [2.24, 2.45) is 0 Å². The summed E-state index contributed by atoms with van der Waals surface area (Å²) in [6.07, 6.45) is 0.904. The van der Waals surface area contributed by atoms with Gasteiger partial charge in [-0.25, -0.2) is 4.98 Å². The molecule has 0 spiro atoms. The van der Waals surface area contributed by atoms with Crippen LogP contribution < -0.4 is 5.73 Å². The number of furan rings is 1. The van der Waals surface area contributed by atoms with Crippen molar-refractivity contribution in [2.45, 2.75) is 26.2 Å². The van der Waals surface area contributed by atoms with E-state index in [0.29, 0.717) is 12.2 Å². The molecule has 2 aromatic rings. The maximum atomic E-state index is 9.35. The molecule has 2 N–H and O–H groups in total. The van der Waals surface area contributed by atoms with Gasteiger partial charge in [-0.05, 0) is 38.0 Å². The molecule has 3 heterocycles. The summed E-state index contributed by atoms with van der Waals surface area (Å²) in [7, 11) is 0. The van der Waals surface area contributed by atoms with Crippen LogP contribution in [0.15, 0.2) is 16.5 Å². The van der Waals surface area contributed by atoms with E-state index >= 15 is 0 Å². The Kier molecular flexibility index (Phi) is 3.40. The molecule has 21 heavy (non-hydrogen) atoms. The van der Waals surface area contributed by atoms with E-state index in [1.165, 1.54) is 0 Å². The summed E-state index contributed by atoms with van der Waals surface area (Å²) >= 11 is 0. The van der Waals surface area contributed by atoms with E-state index in [0.717, 1.165) is 41.4 Å². The third kappa shape index (κ3) is 2.39. The van der Waals surface area contributed by atoms with Gasteiger partial charge in [0.2, 0.25) is 0 Å². The zero-order valence-electron chi connectivity index (χ0n) is 12.1. The molecule has 0 radical (unpaired) electrons. The van der Waals surface area contributed by atoms with Crippen LogP contribution in [0.5, 0.6) is 0 Å². The van der Waals surface area contributed by atoms with Crippen molar-refractivity contribution in [3.8, 4) is 17.3 Å². The quantitative estimate of drug-likeness (QED) is 0.915. The Bertz CT molecular complexity index is 722. The lowest BCUT2D eigenvalue weighted by atomic mass is 9.93. The minimum atomic E-state index is 0.206. The molecule has 0 amide bonds. The summed E-state index contributed by atoms with van der Waals surface area (Å²) in [5, 5.41) is 9.35. The summed E-state index contributed by atoms with van der Waals surface area (Å²) in [6, 6.07) is 6.07. The monoisotopic (exact) mass is 283 g/mol. The van der Waals surface area contributed by atoms with Gasteiger partial charge in [-0.3, -0.25) is 0 Å². The molecule has 0 bridgehead atoms. The summed E-state index contributed by atoms with van der Waals surface area (Å²) < 4.78 is 11.0. The summed E-state index contributed by atoms with van der Waals surface area (Å²) in [5.74, 6) is 2.11. The molecule has 0 saturated carbocycles. The predicted octanol–water partition coefficient (Wildman–Crippen LogP) is 2.92. The normalized spacial score (nSPS) is 17.9. The maximum Gasteiger partial charge on any atom is 0.142 e. The van der Waals surface area contributed by atoms with Gasteiger partial charge >= 0.3 is 0 Å². The number of anilines is 1. The second-order valence-electron chi connectivity index (χ2n) is 5.36. The molecule has 1 aliphatic rings. The average Bonchev–Trinajstić information content (AvgIpc) is 3.07. The zero-order chi connectivity index (χ0) is 15.0. The maximum absolute atomic E-state index is 9.35. The molecule has 1 saturated heterocycles. The van der Waals surface area contributed by atoms with Crippen LogP contribution in [0.2, 0.25) is 0 Å². The molecule has 1 unspecified atom stereocenters. The van der Waals surface area contributed by atoms with Crippen LogP contribution >= 0.6 is 0 Å². The van der Waals surface area contributed by atoms with Crippen LogP contribution in [-0.4, -0.2) is 18.2 Å². The Labute approximate surface area is 123 Å². The number of nitriles is 1. The second-order valence-corrected chi connectivity index (χ2v) is 5.36. The molecule has 0 aromatic carbocycles. The summed E-state index contributed by atoms with van der Waals surface area (Å²) in [6.45, 7) is 5.14. The smallest absolute Gasteiger partial charge is 0.142 e. The number of nitrogens with zero attached hydrogens (tertiary/aromatic N) is 2. The standard InChI is InChI=1S/C16H17N3O2/c1-9-5-12(10(2)21-9)15-6-13(11-3-4-20-8-11)14(7-17)16(18)19-15/h5-6,11H,3-4,8H2,1-2H3,(H2,18,19). The molecule has 0 aliphatic carbocycles. The molecule has 5 heteroatoms. The van der Waals surface area contributed by atoms with Gasteiger partial charge in [-0.2, -0.15) is 5.26 Å². The van der Waals surface area contributed by atoms with Crippen LogP contribution in [-0.2, 0) is 4.74 Å². The van der Waals surface area contributed by atoms with Gasteiger partial charge in [0, 0.05) is 18.1 Å². The molecule has 2 aromatic heterocycles. The number of hydrogen-bond donors (Lipinski definition) is 1. The largest absolute Gasteiger partial charge is 0.466 e. The number of nitrogen functional groups attached to an aromatic ring is 1. The molecule has 1 atom stereocenters. The highest BCUT2D eigenvalue weighted by Gasteiger charge is 2.24. The molecule has 1 aliphatic heterocycles. The number of aryl methyl sites for hydroxylation is 2. The Balaban J connectivity index is 2.15. The Morgan fingerprint density at radius 2 is 2.19 bits per heavy atom. The van der Waals surface area contributed by atoms with Crippen LogP contribution in [0.4, 0.5) is 5.82 Å². The fraction of sp³-hybridized carbons (Fsp3) is 0.375. The van der Waals surface area contributed by atoms with E-state index in [1.54, 1.807) is 0 Å². The van der Waals surface area contributed by atoms with E-state index in [-0.39, 0.29) is 11.7 Å². The first kappa shape index (κ1) is 13.7. The van der Waals surface area contributed by atoms with Gasteiger partial charge in [0.15, 0.2) is 0 Å². The van der Waals surface area contributed by atoms with Crippen LogP contribution in [0.1, 0.15) is 35.0 Å². The zero-order valence-corrected chi connectivity index (χ0v) is 12.1. The number of rotatable bonds is 2. The molecule has 5 nitrogen and oxygen atoms in total. The number of ether oxygens (including phenoxy) is 1. The number of pyridine rings is 1. The highest BCUT2D eigenvalue weighted by Crippen LogP contribution is 2.34. The van der Waals surface area contributed by atoms with Crippen LogP contribution in [0.25, 0.3) is 11.3 Å². The van der Waals surface area contributed by atoms with Crippen molar-refractivity contribution in [1.29, 1.82) is 5.26 Å². The third-order valence-electron chi connectivity index (χ3n) is 3.88. The first-order valence-electron chi connectivity index (χ1n) is 6.95. The van der Waals surface area contributed by atoms with Gasteiger partial charge in [-0.15, -0.1) is 0 Å². The minimum absolute atomic E-state index is 0.206. The van der Waals surface area contributed by atoms with Crippen LogP contribution in [0, 0.1) is 25.2 Å². The lowest BCUT2D eigenvalue weighted by Gasteiger charge is -2.13. The highest BCUT2D eigenvalue weighted by molar-refractivity contribution is 5.68. The van der Waals surface area contributed by atoms with Gasteiger partial charge in [0.1, 0.15) is 23.4 Å². The average molecular weight is 283 g/mol. The van der Waals surface area contributed by atoms with E-state index in [4.69, 9.17) is 14.9 Å². The fourth-order valence-corrected chi connectivity index (χ4v) is 2.83. The first-order valence-corrected chi connectivity index (χ1v) is 6.95. The summed E-state index contributed by atoms with van der Waals surface area (Å²) in [5.41, 5.74) is 9.05. The van der Waals surface area contributed by atoms with E-state index < -0.39 is 0 Å². The fourth-order valence-electron chi connectivity index (χ4n) is 2.83. The van der Waals surface area contributed by atoms with Gasteiger partial charge in [0.25, 0.3) is 0 Å². The molecule has 1 fully saturated rings. The molecule has 108 valence electrons. The topological polar surface area (TPSA) is 85.1 Å². The van der Waals surface area contributed by atoms with Crippen molar-refractivity contribution in [3.63, 3.8) is 0 Å². The third-order valence-corrected chi connectivity index (χ3v) is 3.88. The van der Waals surface area contributed by atoms with E-state index in [9.17, 15) is 5.26 Å². The van der Waals surface area contributed by atoms with Crippen molar-refractivity contribution < 1.29 is 9.15 Å². The van der Waals surface area contributed by atoms with Crippen molar-refractivity contribution in [1.82, 2.24) is 4.98 Å². The Morgan fingerprint density at radius 1 is 1.38 bits per heavy atom. The van der Waals surface area contributed by atoms with Crippen LogP contribution in [0.3, 0.4) is 0 Å². The van der Waals surface area contributed by atoms with Gasteiger partial charge in [0.05, 0.1) is 17.9 Å². The lowest BCUT2D eigenvalue weighted by Crippen LogP contribution is -2.06. The van der Waals surface area contributed by atoms with Gasteiger partial charge in [-0.1, -0.05) is 0 Å². The second kappa shape index (κ2) is 5.23. The Morgan fingerprint density at radius 3 is 2.76 bits per heavy atom. The lowest BCUT2D eigenvalue weighted by molar-refractivity contribution is 0.194. The SMILES string of the molecule is Cc1cc(-c2cc(C3CCOC3)c(C#N)c(N)n2)c(C)o1. The first-order chi connectivity index (χ1) is 10.1. The molecular weight excluding hydrogens is 266 g/mol. The van der Waals surface area contributed by atoms with Crippen molar-refractivity contribution in [2.75, 3.05) is 18.9 Å². The number of hydrogen-bond acceptors (Lipinski definition) is 5. The van der Waals surface area contributed by atoms with Crippen molar-refractivity contribution in [3.05, 3.63) is 34.8 Å². The Hall–Kier alpha value is -2.32. The molecular formula is C16H17N3O2. The molecule has 3 rings (SSSR count).